The fourth-order valence-corrected chi connectivity index (χ4v) is 2.81. The molecule has 1 heterocycles. The largest absolute Gasteiger partial charge is 0.493 e. The standard InChI is InChI=1S/C19H20N2O3/c1-2-24-17-10-4-3-9-16(17)19(23)20-14-7-5-8-15(13-14)21-12-6-11-18(21)22/h3-5,7-10,13H,2,6,11-12H2,1H3,(H,20,23). The Kier molecular flexibility index (Phi) is 4.79. The summed E-state index contributed by atoms with van der Waals surface area (Å²) in [6, 6.07) is 14.5. The van der Waals surface area contributed by atoms with Gasteiger partial charge in [0.05, 0.1) is 12.2 Å². The predicted molar refractivity (Wildman–Crippen MR) is 93.6 cm³/mol. The fourth-order valence-electron chi connectivity index (χ4n) is 2.81. The number of hydrogen-bond acceptors (Lipinski definition) is 3. The van der Waals surface area contributed by atoms with Gasteiger partial charge in [0.1, 0.15) is 5.75 Å². The number of anilines is 2. The third-order valence-electron chi connectivity index (χ3n) is 3.92. The number of hydrogen-bond donors (Lipinski definition) is 1. The van der Waals surface area contributed by atoms with E-state index in [-0.39, 0.29) is 11.8 Å². The first kappa shape index (κ1) is 16.1. The topological polar surface area (TPSA) is 58.6 Å². The molecule has 0 aromatic heterocycles. The quantitative estimate of drug-likeness (QED) is 0.916. The molecule has 0 spiro atoms. The maximum Gasteiger partial charge on any atom is 0.259 e. The van der Waals surface area contributed by atoms with Gasteiger partial charge in [-0.1, -0.05) is 18.2 Å². The molecule has 1 N–H and O–H groups in total. The maximum absolute atomic E-state index is 12.5. The summed E-state index contributed by atoms with van der Waals surface area (Å²) in [5.41, 5.74) is 1.96. The molecule has 1 aliphatic rings. The molecule has 0 saturated carbocycles. The number of benzene rings is 2. The molecule has 2 aromatic rings. The highest BCUT2D eigenvalue weighted by Gasteiger charge is 2.22. The molecular weight excluding hydrogens is 304 g/mol. The predicted octanol–water partition coefficient (Wildman–Crippen LogP) is 3.46. The molecule has 0 radical (unpaired) electrons. The zero-order valence-corrected chi connectivity index (χ0v) is 13.6. The third kappa shape index (κ3) is 3.40. The van der Waals surface area contributed by atoms with E-state index in [1.165, 1.54) is 0 Å². The van der Waals surface area contributed by atoms with Crippen LogP contribution in [0.2, 0.25) is 0 Å². The number of carbonyl (C=O) groups is 2. The lowest BCUT2D eigenvalue weighted by Gasteiger charge is -2.17. The summed E-state index contributed by atoms with van der Waals surface area (Å²) in [6.07, 6.45) is 1.45. The summed E-state index contributed by atoms with van der Waals surface area (Å²) in [6.45, 7) is 3.10. The van der Waals surface area contributed by atoms with Gasteiger partial charge in [-0.25, -0.2) is 0 Å². The second-order valence-corrected chi connectivity index (χ2v) is 5.58. The second-order valence-electron chi connectivity index (χ2n) is 5.58. The van der Waals surface area contributed by atoms with Crippen molar-refractivity contribution in [3.63, 3.8) is 0 Å². The van der Waals surface area contributed by atoms with Gasteiger partial charge in [-0.3, -0.25) is 9.59 Å². The monoisotopic (exact) mass is 324 g/mol. The Bertz CT molecular complexity index is 758. The highest BCUT2D eigenvalue weighted by molar-refractivity contribution is 6.06. The first-order chi connectivity index (χ1) is 11.7. The fraction of sp³-hybridized carbons (Fsp3) is 0.263. The van der Waals surface area contributed by atoms with Crippen LogP contribution in [0.15, 0.2) is 48.5 Å². The molecular formula is C19H20N2O3. The van der Waals surface area contributed by atoms with Crippen molar-refractivity contribution in [2.24, 2.45) is 0 Å². The lowest BCUT2D eigenvalue weighted by molar-refractivity contribution is -0.117. The minimum absolute atomic E-state index is 0.125. The molecule has 0 unspecified atom stereocenters. The number of nitrogens with zero attached hydrogens (tertiary/aromatic N) is 1. The van der Waals surface area contributed by atoms with E-state index in [9.17, 15) is 9.59 Å². The molecule has 5 heteroatoms. The van der Waals surface area contributed by atoms with Gasteiger partial charge in [-0.05, 0) is 43.7 Å². The van der Waals surface area contributed by atoms with Crippen LogP contribution in [0.5, 0.6) is 5.75 Å². The van der Waals surface area contributed by atoms with Gasteiger partial charge in [0.15, 0.2) is 0 Å². The number of nitrogens with one attached hydrogen (secondary N) is 1. The van der Waals surface area contributed by atoms with Crippen LogP contribution in [0, 0.1) is 0 Å². The van der Waals surface area contributed by atoms with Crippen LogP contribution >= 0.6 is 0 Å². The number of carbonyl (C=O) groups excluding carboxylic acids is 2. The molecule has 1 fully saturated rings. The minimum Gasteiger partial charge on any atom is -0.493 e. The molecule has 2 amide bonds. The van der Waals surface area contributed by atoms with Gasteiger partial charge in [0.25, 0.3) is 5.91 Å². The molecule has 3 rings (SSSR count). The zero-order chi connectivity index (χ0) is 16.9. The Labute approximate surface area is 141 Å². The third-order valence-corrected chi connectivity index (χ3v) is 3.92. The van der Waals surface area contributed by atoms with Crippen LogP contribution in [0.25, 0.3) is 0 Å². The average molecular weight is 324 g/mol. The van der Waals surface area contributed by atoms with Crippen LogP contribution in [-0.4, -0.2) is 25.0 Å². The summed E-state index contributed by atoms with van der Waals surface area (Å²) in [4.78, 5) is 26.2. The maximum atomic E-state index is 12.5. The summed E-state index contributed by atoms with van der Waals surface area (Å²) >= 11 is 0. The summed E-state index contributed by atoms with van der Waals surface area (Å²) in [7, 11) is 0. The van der Waals surface area contributed by atoms with Crippen molar-refractivity contribution in [1.82, 2.24) is 0 Å². The van der Waals surface area contributed by atoms with Crippen molar-refractivity contribution >= 4 is 23.2 Å². The van der Waals surface area contributed by atoms with Gasteiger partial charge in [0.2, 0.25) is 5.91 Å². The molecule has 1 aliphatic heterocycles. The van der Waals surface area contributed by atoms with Crippen LogP contribution in [0.4, 0.5) is 11.4 Å². The Hall–Kier alpha value is -2.82. The number of rotatable bonds is 5. The van der Waals surface area contributed by atoms with Gasteiger partial charge >= 0.3 is 0 Å². The van der Waals surface area contributed by atoms with E-state index in [0.29, 0.717) is 30.0 Å². The number of amides is 2. The molecule has 5 nitrogen and oxygen atoms in total. The van der Waals surface area contributed by atoms with Crippen molar-refractivity contribution in [3.05, 3.63) is 54.1 Å². The Balaban J connectivity index is 1.79. The lowest BCUT2D eigenvalue weighted by atomic mass is 10.1. The van der Waals surface area contributed by atoms with Crippen LogP contribution < -0.4 is 15.0 Å². The van der Waals surface area contributed by atoms with E-state index in [4.69, 9.17) is 4.74 Å². The van der Waals surface area contributed by atoms with Crippen LogP contribution in [0.3, 0.4) is 0 Å². The summed E-state index contributed by atoms with van der Waals surface area (Å²) in [5, 5.41) is 2.88. The van der Waals surface area contributed by atoms with Gasteiger partial charge < -0.3 is 15.0 Å². The van der Waals surface area contributed by atoms with Crippen molar-refractivity contribution in [3.8, 4) is 5.75 Å². The Morgan fingerprint density at radius 2 is 2.04 bits per heavy atom. The zero-order valence-electron chi connectivity index (χ0n) is 13.6. The number of para-hydroxylation sites is 1. The van der Waals surface area contributed by atoms with E-state index in [1.54, 1.807) is 23.1 Å². The van der Waals surface area contributed by atoms with Gasteiger partial charge in [0, 0.05) is 24.3 Å². The summed E-state index contributed by atoms with van der Waals surface area (Å²) in [5.74, 6) is 0.451. The van der Waals surface area contributed by atoms with Crippen molar-refractivity contribution < 1.29 is 14.3 Å². The van der Waals surface area contributed by atoms with Gasteiger partial charge in [-0.15, -0.1) is 0 Å². The van der Waals surface area contributed by atoms with Gasteiger partial charge in [-0.2, -0.15) is 0 Å². The number of ether oxygens (including phenoxy) is 1. The molecule has 1 saturated heterocycles. The first-order valence-corrected chi connectivity index (χ1v) is 8.12. The molecule has 24 heavy (non-hydrogen) atoms. The summed E-state index contributed by atoms with van der Waals surface area (Å²) < 4.78 is 5.50. The van der Waals surface area contributed by atoms with Crippen LogP contribution in [0.1, 0.15) is 30.1 Å². The molecule has 0 bridgehead atoms. The van der Waals surface area contributed by atoms with E-state index in [2.05, 4.69) is 5.32 Å². The van der Waals surface area contributed by atoms with E-state index < -0.39 is 0 Å². The second kappa shape index (κ2) is 7.17. The van der Waals surface area contributed by atoms with E-state index >= 15 is 0 Å². The minimum atomic E-state index is -0.232. The molecule has 124 valence electrons. The molecule has 0 aliphatic carbocycles. The van der Waals surface area contributed by atoms with E-state index in [0.717, 1.165) is 18.7 Å². The molecule has 0 atom stereocenters. The molecule has 2 aromatic carbocycles. The van der Waals surface area contributed by atoms with Crippen molar-refractivity contribution in [1.29, 1.82) is 0 Å². The Morgan fingerprint density at radius 1 is 1.21 bits per heavy atom. The SMILES string of the molecule is CCOc1ccccc1C(=O)Nc1cccc(N2CCCC2=O)c1. The smallest absolute Gasteiger partial charge is 0.259 e. The van der Waals surface area contributed by atoms with E-state index in [1.807, 2.05) is 37.3 Å². The lowest BCUT2D eigenvalue weighted by Crippen LogP contribution is -2.23. The van der Waals surface area contributed by atoms with Crippen molar-refractivity contribution in [2.75, 3.05) is 23.4 Å². The van der Waals surface area contributed by atoms with Crippen LogP contribution in [-0.2, 0) is 4.79 Å². The highest BCUT2D eigenvalue weighted by Crippen LogP contribution is 2.25. The average Bonchev–Trinajstić information content (AvgIpc) is 3.02. The highest BCUT2D eigenvalue weighted by atomic mass is 16.5. The van der Waals surface area contributed by atoms with Crippen molar-refractivity contribution in [2.45, 2.75) is 19.8 Å². The normalized spacial score (nSPS) is 13.9. The Morgan fingerprint density at radius 3 is 2.79 bits per heavy atom. The first-order valence-electron chi connectivity index (χ1n) is 8.12.